The minimum absolute atomic E-state index is 0.414. The van der Waals surface area contributed by atoms with Crippen LogP contribution in [-0.2, 0) is 31.9 Å². The zero-order valence-electron chi connectivity index (χ0n) is 16.1. The van der Waals surface area contributed by atoms with Gasteiger partial charge in [-0.15, -0.1) is 11.3 Å². The molecule has 2 atom stereocenters. The quantitative estimate of drug-likeness (QED) is 0.769. The molecule has 1 aliphatic carbocycles. The number of carbonyl (C=O) groups excluding carboxylic acids is 3. The molecule has 1 N–H and O–H groups in total. The van der Waals surface area contributed by atoms with Gasteiger partial charge < -0.3 is 14.8 Å². The number of fused-ring (bicyclic) bond motifs is 1. The van der Waals surface area contributed by atoms with E-state index in [1.54, 1.807) is 24.3 Å². The largest absolute Gasteiger partial charge is 0.465 e. The number of thiophene rings is 1. The number of hydrogen-bond donors (Lipinski definition) is 1. The monoisotopic (exact) mass is 401 g/mol. The first-order valence-corrected chi connectivity index (χ1v) is 9.98. The Kier molecular flexibility index (Phi) is 6.14. The Balaban J connectivity index is 1.94. The first-order chi connectivity index (χ1) is 13.4. The summed E-state index contributed by atoms with van der Waals surface area (Å²) in [5, 5.41) is 3.25. The average Bonchev–Trinajstić information content (AvgIpc) is 3.02. The van der Waals surface area contributed by atoms with Crippen LogP contribution < -0.4 is 5.32 Å². The fourth-order valence-corrected chi connectivity index (χ4v) is 4.80. The molecule has 0 saturated carbocycles. The zero-order valence-corrected chi connectivity index (χ0v) is 16.9. The SMILES string of the molecule is COC(=O)c1c(NC(=O)[C@@H](OC(C)=O)c2ccccc2)sc2c1CC[C@H](C)C2. The third-order valence-electron chi connectivity index (χ3n) is 4.76. The molecule has 2 aromatic rings. The Morgan fingerprint density at radius 2 is 1.93 bits per heavy atom. The van der Waals surface area contributed by atoms with Crippen LogP contribution in [0.4, 0.5) is 5.00 Å². The molecule has 1 aliphatic rings. The molecular formula is C21H23NO5S. The van der Waals surface area contributed by atoms with Crippen LogP contribution in [0.1, 0.15) is 52.7 Å². The predicted octanol–water partition coefficient (Wildman–Crippen LogP) is 3.90. The molecule has 0 bridgehead atoms. The van der Waals surface area contributed by atoms with Gasteiger partial charge in [0.2, 0.25) is 6.10 Å². The summed E-state index contributed by atoms with van der Waals surface area (Å²) in [5.74, 6) is -1.00. The van der Waals surface area contributed by atoms with Crippen LogP contribution in [0, 0.1) is 5.92 Å². The van der Waals surface area contributed by atoms with E-state index < -0.39 is 23.9 Å². The lowest BCUT2D eigenvalue weighted by Gasteiger charge is -2.18. The van der Waals surface area contributed by atoms with Gasteiger partial charge in [0.25, 0.3) is 5.91 Å². The first kappa shape index (κ1) is 20.1. The van der Waals surface area contributed by atoms with Crippen LogP contribution in [-0.4, -0.2) is 25.0 Å². The first-order valence-electron chi connectivity index (χ1n) is 9.16. The Hall–Kier alpha value is -2.67. The number of methoxy groups -OCH3 is 1. The lowest BCUT2D eigenvalue weighted by molar-refractivity contribution is -0.152. The van der Waals surface area contributed by atoms with Crippen molar-refractivity contribution in [1.29, 1.82) is 0 Å². The standard InChI is InChI=1S/C21H23NO5S/c1-12-9-10-15-16(11-12)28-20(17(15)21(25)26-3)22-19(24)18(27-13(2)23)14-7-5-4-6-8-14/h4-8,12,18H,9-11H2,1-3H3,(H,22,24)/t12-,18-/m0/s1. The van der Waals surface area contributed by atoms with E-state index in [2.05, 4.69) is 12.2 Å². The Morgan fingerprint density at radius 1 is 1.21 bits per heavy atom. The van der Waals surface area contributed by atoms with Crippen molar-refractivity contribution in [3.63, 3.8) is 0 Å². The minimum Gasteiger partial charge on any atom is -0.465 e. The Morgan fingerprint density at radius 3 is 2.57 bits per heavy atom. The summed E-state index contributed by atoms with van der Waals surface area (Å²) in [6, 6.07) is 8.79. The predicted molar refractivity (Wildman–Crippen MR) is 106 cm³/mol. The number of benzene rings is 1. The molecule has 1 amide bonds. The fraction of sp³-hybridized carbons (Fsp3) is 0.381. The molecule has 7 heteroatoms. The van der Waals surface area contributed by atoms with Crippen LogP contribution in [0.15, 0.2) is 30.3 Å². The summed E-state index contributed by atoms with van der Waals surface area (Å²) in [6.07, 6.45) is 1.54. The second kappa shape index (κ2) is 8.56. The minimum atomic E-state index is -1.10. The van der Waals surface area contributed by atoms with Gasteiger partial charge in [0, 0.05) is 17.4 Å². The number of rotatable bonds is 5. The van der Waals surface area contributed by atoms with Gasteiger partial charge in [0.15, 0.2) is 0 Å². The maximum absolute atomic E-state index is 13.0. The summed E-state index contributed by atoms with van der Waals surface area (Å²) in [4.78, 5) is 38.0. The third kappa shape index (κ3) is 4.25. The number of ether oxygens (including phenoxy) is 2. The van der Waals surface area contributed by atoms with Crippen LogP contribution in [0.3, 0.4) is 0 Å². The van der Waals surface area contributed by atoms with E-state index in [1.165, 1.54) is 25.4 Å². The van der Waals surface area contributed by atoms with Crippen molar-refractivity contribution in [3.05, 3.63) is 51.9 Å². The summed E-state index contributed by atoms with van der Waals surface area (Å²) in [7, 11) is 1.33. The number of hydrogen-bond acceptors (Lipinski definition) is 6. The van der Waals surface area contributed by atoms with Gasteiger partial charge in [-0.05, 0) is 30.7 Å². The van der Waals surface area contributed by atoms with E-state index in [-0.39, 0.29) is 0 Å². The highest BCUT2D eigenvalue weighted by Crippen LogP contribution is 2.40. The van der Waals surface area contributed by atoms with E-state index in [0.29, 0.717) is 22.0 Å². The van der Waals surface area contributed by atoms with Crippen molar-refractivity contribution in [2.24, 2.45) is 5.92 Å². The van der Waals surface area contributed by atoms with Crippen LogP contribution in [0.25, 0.3) is 0 Å². The van der Waals surface area contributed by atoms with Crippen LogP contribution >= 0.6 is 11.3 Å². The summed E-state index contributed by atoms with van der Waals surface area (Å²) in [6.45, 7) is 3.43. The molecule has 0 unspecified atom stereocenters. The third-order valence-corrected chi connectivity index (χ3v) is 5.93. The number of anilines is 1. The van der Waals surface area contributed by atoms with Gasteiger partial charge >= 0.3 is 11.9 Å². The highest BCUT2D eigenvalue weighted by Gasteiger charge is 2.31. The highest BCUT2D eigenvalue weighted by atomic mass is 32.1. The fourth-order valence-electron chi connectivity index (χ4n) is 3.40. The molecule has 1 aromatic carbocycles. The van der Waals surface area contributed by atoms with Gasteiger partial charge in [-0.1, -0.05) is 37.3 Å². The second-order valence-electron chi connectivity index (χ2n) is 6.94. The lowest BCUT2D eigenvalue weighted by Crippen LogP contribution is -2.25. The average molecular weight is 401 g/mol. The smallest absolute Gasteiger partial charge is 0.341 e. The van der Waals surface area contributed by atoms with Gasteiger partial charge in [-0.2, -0.15) is 0 Å². The van der Waals surface area contributed by atoms with Crippen molar-refractivity contribution < 1.29 is 23.9 Å². The molecule has 148 valence electrons. The second-order valence-corrected chi connectivity index (χ2v) is 8.04. The maximum Gasteiger partial charge on any atom is 0.341 e. The van der Waals surface area contributed by atoms with Crippen LogP contribution in [0.5, 0.6) is 0 Å². The van der Waals surface area contributed by atoms with Crippen LogP contribution in [0.2, 0.25) is 0 Å². The molecule has 0 fully saturated rings. The number of amides is 1. The van der Waals surface area contributed by atoms with Gasteiger partial charge in [0.1, 0.15) is 5.00 Å². The number of nitrogens with one attached hydrogen (secondary N) is 1. The molecule has 0 saturated heterocycles. The molecule has 0 aliphatic heterocycles. The Bertz CT molecular complexity index is 890. The van der Waals surface area contributed by atoms with Crippen molar-refractivity contribution in [3.8, 4) is 0 Å². The molecule has 28 heavy (non-hydrogen) atoms. The molecule has 3 rings (SSSR count). The van der Waals surface area contributed by atoms with Gasteiger partial charge in [-0.3, -0.25) is 9.59 Å². The van der Waals surface area contributed by atoms with Crippen molar-refractivity contribution >= 4 is 34.2 Å². The Labute approximate surface area is 167 Å². The van der Waals surface area contributed by atoms with E-state index in [0.717, 1.165) is 29.7 Å². The van der Waals surface area contributed by atoms with Crippen molar-refractivity contribution in [2.45, 2.75) is 39.2 Å². The van der Waals surface area contributed by atoms with Gasteiger partial charge in [-0.25, -0.2) is 4.79 Å². The van der Waals surface area contributed by atoms with Crippen molar-refractivity contribution in [2.75, 3.05) is 12.4 Å². The van der Waals surface area contributed by atoms with E-state index in [9.17, 15) is 14.4 Å². The van der Waals surface area contributed by atoms with Gasteiger partial charge in [0.05, 0.1) is 12.7 Å². The topological polar surface area (TPSA) is 81.7 Å². The zero-order chi connectivity index (χ0) is 20.3. The number of esters is 2. The highest BCUT2D eigenvalue weighted by molar-refractivity contribution is 7.17. The maximum atomic E-state index is 13.0. The molecule has 1 heterocycles. The van der Waals surface area contributed by atoms with E-state index in [4.69, 9.17) is 9.47 Å². The molecule has 6 nitrogen and oxygen atoms in total. The summed E-state index contributed by atoms with van der Waals surface area (Å²) < 4.78 is 10.2. The van der Waals surface area contributed by atoms with Crippen molar-refractivity contribution in [1.82, 2.24) is 0 Å². The molecular weight excluding hydrogens is 378 g/mol. The normalized spacial score (nSPS) is 16.6. The summed E-state index contributed by atoms with van der Waals surface area (Å²) in [5.41, 5.74) is 1.93. The van der Waals surface area contributed by atoms with E-state index in [1.807, 2.05) is 6.07 Å². The molecule has 0 spiro atoms. The summed E-state index contributed by atoms with van der Waals surface area (Å²) >= 11 is 1.40. The molecule has 1 aromatic heterocycles. The lowest BCUT2D eigenvalue weighted by atomic mass is 9.88. The van der Waals surface area contributed by atoms with E-state index >= 15 is 0 Å². The molecule has 0 radical (unpaired) electrons. The number of carbonyl (C=O) groups is 3.